The van der Waals surface area contributed by atoms with Crippen molar-refractivity contribution in [3.8, 4) is 0 Å². The third-order valence-corrected chi connectivity index (χ3v) is 17.8. The van der Waals surface area contributed by atoms with Gasteiger partial charge in [-0.2, -0.15) is 0 Å². The Bertz CT molecular complexity index is 2010. The third-order valence-electron chi connectivity index (χ3n) is 15.3. The first kappa shape index (κ1) is 59.1. The summed E-state index contributed by atoms with van der Waals surface area (Å²) in [5, 5.41) is 18.0. The van der Waals surface area contributed by atoms with E-state index in [0.717, 1.165) is 62.5 Å². The average molecular weight is 1060 g/mol. The summed E-state index contributed by atoms with van der Waals surface area (Å²) in [7, 11) is 3.42. The molecule has 2 aromatic carbocycles. The van der Waals surface area contributed by atoms with E-state index in [-0.39, 0.29) is 46.2 Å². The summed E-state index contributed by atoms with van der Waals surface area (Å²) in [6.45, 7) is 13.5. The average Bonchev–Trinajstić information content (AvgIpc) is 3.71. The summed E-state index contributed by atoms with van der Waals surface area (Å²) in [6, 6.07) is 15.2. The van der Waals surface area contributed by atoms with Crippen molar-refractivity contribution in [2.45, 2.75) is 178 Å². The number of fused-ring (bicyclic) bond motifs is 2. The molecule has 10 atom stereocenters. The molecule has 0 saturated carbocycles. The van der Waals surface area contributed by atoms with E-state index in [4.69, 9.17) is 9.47 Å². The molecule has 4 saturated heterocycles. The van der Waals surface area contributed by atoms with Crippen LogP contribution in [0.15, 0.2) is 60.7 Å². The van der Waals surface area contributed by atoms with Crippen molar-refractivity contribution in [2.75, 3.05) is 52.0 Å². The molecular weight excluding hydrogens is 977 g/mol. The lowest BCUT2D eigenvalue weighted by Gasteiger charge is -2.35. The van der Waals surface area contributed by atoms with Gasteiger partial charge in [-0.05, 0) is 99.9 Å². The summed E-state index contributed by atoms with van der Waals surface area (Å²) < 4.78 is 12.5. The Balaban J connectivity index is 0.898. The Morgan fingerprint density at radius 1 is 0.581 bits per heavy atom. The van der Waals surface area contributed by atoms with E-state index in [9.17, 15) is 28.8 Å². The van der Waals surface area contributed by atoms with Gasteiger partial charge in [-0.3, -0.25) is 28.8 Å². The second-order valence-electron chi connectivity index (χ2n) is 22.0. The Morgan fingerprint density at radius 3 is 1.28 bits per heavy atom. The van der Waals surface area contributed by atoms with Gasteiger partial charge in [0.2, 0.25) is 35.4 Å². The van der Waals surface area contributed by atoms with Gasteiger partial charge in [0.25, 0.3) is 0 Å². The molecule has 0 unspecified atom stereocenters. The summed E-state index contributed by atoms with van der Waals surface area (Å²) in [4.78, 5) is 86.0. The van der Waals surface area contributed by atoms with Crippen LogP contribution in [0.5, 0.6) is 0 Å². The summed E-state index contributed by atoms with van der Waals surface area (Å²) in [6.07, 6.45) is 10.8. The molecule has 4 heterocycles. The maximum atomic E-state index is 14.3. The lowest BCUT2D eigenvalue weighted by atomic mass is 9.83. The predicted molar refractivity (Wildman–Crippen MR) is 294 cm³/mol. The molecule has 0 radical (unpaired) electrons. The van der Waals surface area contributed by atoms with E-state index in [1.807, 2.05) is 88.4 Å². The lowest BCUT2D eigenvalue weighted by molar-refractivity contribution is -0.144. The quantitative estimate of drug-likeness (QED) is 0.0554. The van der Waals surface area contributed by atoms with E-state index in [0.29, 0.717) is 63.6 Å². The van der Waals surface area contributed by atoms with E-state index in [2.05, 4.69) is 31.9 Å². The first-order chi connectivity index (χ1) is 35.5. The van der Waals surface area contributed by atoms with Gasteiger partial charge < -0.3 is 51.2 Å². The number of thioether (sulfide) groups is 2. The number of amides is 6. The number of benzene rings is 2. The fraction of sp³-hybridized carbons (Fsp3) is 0.679. The predicted octanol–water partition coefficient (Wildman–Crippen LogP) is 6.22. The highest BCUT2D eigenvalue weighted by Gasteiger charge is 2.56. The number of nitrogens with zero attached hydrogens (tertiary/aromatic N) is 2. The molecule has 6 rings (SSSR count). The molecule has 0 aliphatic carbocycles. The zero-order chi connectivity index (χ0) is 53.4. The zero-order valence-electron chi connectivity index (χ0n) is 45.3. The van der Waals surface area contributed by atoms with Gasteiger partial charge in [0.1, 0.15) is 24.2 Å². The van der Waals surface area contributed by atoms with Crippen molar-refractivity contribution >= 4 is 59.0 Å². The van der Waals surface area contributed by atoms with Gasteiger partial charge in [0.05, 0.1) is 48.1 Å². The summed E-state index contributed by atoms with van der Waals surface area (Å²) in [5.41, 5.74) is 0.935. The van der Waals surface area contributed by atoms with Crippen LogP contribution in [0.25, 0.3) is 0 Å². The molecule has 2 aromatic rings. The van der Waals surface area contributed by atoms with Crippen LogP contribution in [0.3, 0.4) is 0 Å². The van der Waals surface area contributed by atoms with Crippen molar-refractivity contribution in [1.29, 1.82) is 0 Å². The third kappa shape index (κ3) is 15.7. The minimum Gasteiger partial charge on any atom is -0.379 e. The van der Waals surface area contributed by atoms with Gasteiger partial charge in [0.15, 0.2) is 0 Å². The summed E-state index contributed by atoms with van der Waals surface area (Å²) in [5.74, 6) is 0.128. The van der Waals surface area contributed by atoms with Crippen LogP contribution in [0.4, 0.5) is 0 Å². The number of hydrogen-bond acceptors (Lipinski definition) is 12. The van der Waals surface area contributed by atoms with Gasteiger partial charge in [0, 0.05) is 13.2 Å². The molecule has 0 spiro atoms. The van der Waals surface area contributed by atoms with E-state index >= 15 is 0 Å². The Kier molecular flexibility index (Phi) is 22.5. The van der Waals surface area contributed by atoms with E-state index in [1.54, 1.807) is 61.3 Å². The number of rotatable bonds is 27. The van der Waals surface area contributed by atoms with Gasteiger partial charge in [-0.25, -0.2) is 0 Å². The van der Waals surface area contributed by atoms with Crippen LogP contribution >= 0.6 is 23.5 Å². The van der Waals surface area contributed by atoms with Crippen molar-refractivity contribution in [3.05, 3.63) is 71.8 Å². The molecular formula is C56H86N8O8S2. The number of carbonyl (C=O) groups excluding carboxylic acids is 6. The summed E-state index contributed by atoms with van der Waals surface area (Å²) >= 11 is 3.37. The lowest BCUT2D eigenvalue weighted by Crippen LogP contribution is -2.58. The minimum absolute atomic E-state index is 0.145. The topological polar surface area (TPSA) is 200 Å². The Morgan fingerprint density at radius 2 is 0.932 bits per heavy atom. The van der Waals surface area contributed by atoms with Crippen LogP contribution in [0, 0.1) is 10.8 Å². The standard InChI is InChI=1S/C56H86N8O8S2/c1-37(57-7)49(65)59-41-27-31-73-45-33-55(3,4)47(63(45)53(41)69)51(67)61-43(39-23-17-15-18-24-39)35-71-29-21-13-11-9-10-12-14-22-30-72-36-44(40-25-19-16-20-26-40)62-52(68)48-56(5,6)34-46-64(48)54(70)42(28-32-74-46)60-50(66)38(2)58-8/h15-20,23-26,37-38,41-48,57-58H,9-14,21-22,27-36H2,1-8H3,(H,59,65)(H,60,66)(H,61,67)(H,62,68)/t37-,38-,41-,42-,43+,44+,45-,46-,47+,48+/m0/s1. The normalized spacial score (nSPS) is 24.9. The smallest absolute Gasteiger partial charge is 0.246 e. The fourth-order valence-electron chi connectivity index (χ4n) is 10.7. The maximum Gasteiger partial charge on any atom is 0.246 e. The Labute approximate surface area is 449 Å². The second-order valence-corrected chi connectivity index (χ2v) is 24.5. The molecule has 6 amide bonds. The molecule has 74 heavy (non-hydrogen) atoms. The molecule has 6 N–H and O–H groups in total. The minimum atomic E-state index is -0.695. The molecule has 0 aromatic heterocycles. The number of hydrogen-bond donors (Lipinski definition) is 6. The molecule has 410 valence electrons. The number of unbranched alkanes of at least 4 members (excludes halogenated alkanes) is 7. The van der Waals surface area contributed by atoms with Crippen molar-refractivity contribution in [3.63, 3.8) is 0 Å². The SMILES string of the molecule is CN[C@@H](C)C(=O)N[C@H]1CCS[C@H]2CC(C)(C)[C@@H](C(=O)N[C@H](COCCCCCCCCCCOC[C@@H](NC(=O)[C@H]3N4C(=O)[C@@H](NC(=O)[C@H](C)NC)CCS[C@H]4CC3(C)C)c3ccccc3)c3ccccc3)N2C1=O. The van der Waals surface area contributed by atoms with Gasteiger partial charge >= 0.3 is 0 Å². The van der Waals surface area contributed by atoms with Gasteiger partial charge in [-0.1, -0.05) is 127 Å². The molecule has 0 bridgehead atoms. The maximum absolute atomic E-state index is 14.3. The van der Waals surface area contributed by atoms with E-state index < -0.39 is 59.2 Å². The van der Waals surface area contributed by atoms with E-state index in [1.165, 1.54) is 0 Å². The molecule has 4 fully saturated rings. The number of likely N-dealkylation sites (N-methyl/N-ethyl adjacent to an activating group) is 2. The largest absolute Gasteiger partial charge is 0.379 e. The first-order valence-corrected chi connectivity index (χ1v) is 29.3. The van der Waals surface area contributed by atoms with Crippen molar-refractivity contribution in [2.24, 2.45) is 10.8 Å². The highest BCUT2D eigenvalue weighted by atomic mass is 32.2. The van der Waals surface area contributed by atoms with Crippen LogP contribution < -0.4 is 31.9 Å². The van der Waals surface area contributed by atoms with Gasteiger partial charge in [-0.15, -0.1) is 23.5 Å². The van der Waals surface area contributed by atoms with Crippen LogP contribution in [0.2, 0.25) is 0 Å². The number of nitrogens with one attached hydrogen (secondary N) is 6. The van der Waals surface area contributed by atoms with Crippen LogP contribution in [0.1, 0.15) is 142 Å². The fourth-order valence-corrected chi connectivity index (χ4v) is 13.9. The molecule has 16 nitrogen and oxygen atoms in total. The highest BCUT2D eigenvalue weighted by Crippen LogP contribution is 2.48. The molecule has 18 heteroatoms. The number of ether oxygens (including phenoxy) is 2. The van der Waals surface area contributed by atoms with Crippen molar-refractivity contribution < 1.29 is 38.2 Å². The van der Waals surface area contributed by atoms with Crippen molar-refractivity contribution in [1.82, 2.24) is 41.7 Å². The van der Waals surface area contributed by atoms with Crippen LogP contribution in [-0.4, -0.2) is 144 Å². The highest BCUT2D eigenvalue weighted by molar-refractivity contribution is 8.00. The molecule has 4 aliphatic rings. The number of carbonyl (C=O) groups is 6. The monoisotopic (exact) mass is 1060 g/mol. The Hall–Kier alpha value is -4.20. The molecule has 4 aliphatic heterocycles. The zero-order valence-corrected chi connectivity index (χ0v) is 46.9. The van der Waals surface area contributed by atoms with Crippen LogP contribution in [-0.2, 0) is 38.2 Å². The first-order valence-electron chi connectivity index (χ1n) is 27.2. The second kappa shape index (κ2) is 28.3.